The van der Waals surface area contributed by atoms with Crippen LogP contribution in [0.25, 0.3) is 6.08 Å². The van der Waals surface area contributed by atoms with Gasteiger partial charge in [0.15, 0.2) is 5.79 Å². The van der Waals surface area contributed by atoms with Crippen LogP contribution in [0, 0.1) is 0 Å². The van der Waals surface area contributed by atoms with Gasteiger partial charge in [-0.2, -0.15) is 0 Å². The van der Waals surface area contributed by atoms with Gasteiger partial charge in [0.05, 0.1) is 13.2 Å². The van der Waals surface area contributed by atoms with Gasteiger partial charge < -0.3 is 19.5 Å². The fourth-order valence-corrected chi connectivity index (χ4v) is 2.86. The number of rotatable bonds is 3. The van der Waals surface area contributed by atoms with Crippen LogP contribution in [-0.2, 0) is 14.3 Å². The number of benzene rings is 1. The number of nitrogens with zero attached hydrogens (tertiary/aromatic N) is 1. The maximum absolute atomic E-state index is 10.5. The van der Waals surface area contributed by atoms with E-state index in [1.165, 1.54) is 0 Å². The minimum Gasteiger partial charge on any atom is -0.478 e. The molecule has 0 unspecified atom stereocenters. The molecule has 0 aliphatic carbocycles. The molecule has 2 saturated heterocycles. The van der Waals surface area contributed by atoms with E-state index < -0.39 is 5.97 Å². The molecule has 0 radical (unpaired) electrons. The Morgan fingerprint density at radius 2 is 1.76 bits per heavy atom. The molecular formula is C16H19NO4. The first kappa shape index (κ1) is 14.1. The van der Waals surface area contributed by atoms with E-state index in [4.69, 9.17) is 14.6 Å². The van der Waals surface area contributed by atoms with E-state index in [0.29, 0.717) is 13.2 Å². The fourth-order valence-electron chi connectivity index (χ4n) is 2.86. The Balaban J connectivity index is 1.61. The highest BCUT2D eigenvalue weighted by molar-refractivity contribution is 5.85. The van der Waals surface area contributed by atoms with Crippen LogP contribution in [-0.4, -0.2) is 43.2 Å². The van der Waals surface area contributed by atoms with Gasteiger partial charge in [0.25, 0.3) is 0 Å². The predicted molar refractivity (Wildman–Crippen MR) is 79.2 cm³/mol. The van der Waals surface area contributed by atoms with Gasteiger partial charge in [-0.1, -0.05) is 12.1 Å². The molecule has 21 heavy (non-hydrogen) atoms. The molecule has 1 spiro atoms. The van der Waals surface area contributed by atoms with Gasteiger partial charge in [-0.25, -0.2) is 4.79 Å². The third-order valence-corrected chi connectivity index (χ3v) is 4.02. The van der Waals surface area contributed by atoms with Crippen molar-refractivity contribution in [3.63, 3.8) is 0 Å². The molecule has 0 bridgehead atoms. The van der Waals surface area contributed by atoms with Crippen molar-refractivity contribution in [1.29, 1.82) is 0 Å². The van der Waals surface area contributed by atoms with Crippen LogP contribution in [0.15, 0.2) is 30.3 Å². The van der Waals surface area contributed by atoms with Gasteiger partial charge in [-0.05, 0) is 23.8 Å². The second-order valence-electron chi connectivity index (χ2n) is 5.36. The normalized spacial score (nSPS) is 21.2. The van der Waals surface area contributed by atoms with Crippen molar-refractivity contribution in [2.45, 2.75) is 18.6 Å². The summed E-state index contributed by atoms with van der Waals surface area (Å²) < 4.78 is 11.5. The van der Waals surface area contributed by atoms with Gasteiger partial charge in [-0.3, -0.25) is 0 Å². The molecule has 1 N–H and O–H groups in total. The summed E-state index contributed by atoms with van der Waals surface area (Å²) in [7, 11) is 0. The minimum absolute atomic E-state index is 0.347. The van der Waals surface area contributed by atoms with Crippen LogP contribution in [0.5, 0.6) is 0 Å². The quantitative estimate of drug-likeness (QED) is 0.864. The zero-order chi connectivity index (χ0) is 14.7. The Kier molecular flexibility index (Phi) is 3.94. The topological polar surface area (TPSA) is 59.0 Å². The molecule has 2 heterocycles. The van der Waals surface area contributed by atoms with Crippen molar-refractivity contribution < 1.29 is 19.4 Å². The highest BCUT2D eigenvalue weighted by atomic mass is 16.7. The molecule has 3 rings (SSSR count). The van der Waals surface area contributed by atoms with Crippen molar-refractivity contribution in [2.75, 3.05) is 31.2 Å². The monoisotopic (exact) mass is 289 g/mol. The van der Waals surface area contributed by atoms with Crippen LogP contribution >= 0.6 is 0 Å². The zero-order valence-corrected chi connectivity index (χ0v) is 11.8. The number of carbonyl (C=O) groups is 1. The van der Waals surface area contributed by atoms with Crippen LogP contribution < -0.4 is 4.90 Å². The van der Waals surface area contributed by atoms with Gasteiger partial charge in [0, 0.05) is 37.7 Å². The van der Waals surface area contributed by atoms with Gasteiger partial charge in [0.1, 0.15) is 0 Å². The third kappa shape index (κ3) is 3.25. The molecule has 0 atom stereocenters. The maximum Gasteiger partial charge on any atom is 0.328 e. The first-order chi connectivity index (χ1) is 10.2. The predicted octanol–water partition coefficient (Wildman–Crippen LogP) is 2.13. The number of anilines is 1. The zero-order valence-electron chi connectivity index (χ0n) is 11.8. The molecule has 2 aliphatic rings. The molecule has 5 nitrogen and oxygen atoms in total. The van der Waals surface area contributed by atoms with E-state index in [9.17, 15) is 4.79 Å². The number of piperidine rings is 1. The number of aliphatic carboxylic acids is 1. The summed E-state index contributed by atoms with van der Waals surface area (Å²) in [6.45, 7) is 3.21. The molecule has 1 aromatic rings. The summed E-state index contributed by atoms with van der Waals surface area (Å²) in [6.07, 6.45) is 4.51. The molecule has 0 amide bonds. The van der Waals surface area contributed by atoms with Crippen molar-refractivity contribution in [3.8, 4) is 0 Å². The lowest BCUT2D eigenvalue weighted by Crippen LogP contribution is -2.45. The summed E-state index contributed by atoms with van der Waals surface area (Å²) in [5.41, 5.74) is 2.03. The summed E-state index contributed by atoms with van der Waals surface area (Å²) in [6, 6.07) is 7.91. The summed E-state index contributed by atoms with van der Waals surface area (Å²) in [5.74, 6) is -1.28. The minimum atomic E-state index is -0.933. The first-order valence-corrected chi connectivity index (χ1v) is 7.21. The standard InChI is InChI=1S/C16H19NO4/c18-15(19)6-3-13-1-4-14(5-2-13)17-9-7-16(8-10-17)20-11-12-21-16/h1-6H,7-12H2,(H,18,19)/b6-3+. The molecule has 0 saturated carbocycles. The summed E-state index contributed by atoms with van der Waals surface area (Å²) >= 11 is 0. The van der Waals surface area contributed by atoms with E-state index in [0.717, 1.165) is 43.3 Å². The van der Waals surface area contributed by atoms with E-state index >= 15 is 0 Å². The van der Waals surface area contributed by atoms with Crippen molar-refractivity contribution in [1.82, 2.24) is 0 Å². The van der Waals surface area contributed by atoms with Crippen LogP contribution in [0.2, 0.25) is 0 Å². The average molecular weight is 289 g/mol. The largest absolute Gasteiger partial charge is 0.478 e. The van der Waals surface area contributed by atoms with Crippen molar-refractivity contribution in [3.05, 3.63) is 35.9 Å². The van der Waals surface area contributed by atoms with Gasteiger partial charge in [0.2, 0.25) is 0 Å². The van der Waals surface area contributed by atoms with Crippen molar-refractivity contribution in [2.24, 2.45) is 0 Å². The molecule has 112 valence electrons. The SMILES string of the molecule is O=C(O)/C=C/c1ccc(N2CCC3(CC2)OCCO3)cc1. The molecule has 2 aliphatic heterocycles. The third-order valence-electron chi connectivity index (χ3n) is 4.02. The fraction of sp³-hybridized carbons (Fsp3) is 0.438. The van der Waals surface area contributed by atoms with Gasteiger partial charge in [-0.15, -0.1) is 0 Å². The average Bonchev–Trinajstić information content (AvgIpc) is 2.95. The van der Waals surface area contributed by atoms with Crippen molar-refractivity contribution >= 4 is 17.7 Å². The van der Waals surface area contributed by atoms with Crippen LogP contribution in [0.4, 0.5) is 5.69 Å². The molecule has 0 aromatic heterocycles. The Morgan fingerprint density at radius 1 is 1.14 bits per heavy atom. The summed E-state index contributed by atoms with van der Waals surface area (Å²) in [5, 5.41) is 8.62. The second-order valence-corrected chi connectivity index (χ2v) is 5.36. The van der Waals surface area contributed by atoms with Crippen LogP contribution in [0.1, 0.15) is 18.4 Å². The molecular weight excluding hydrogens is 270 g/mol. The van der Waals surface area contributed by atoms with Crippen LogP contribution in [0.3, 0.4) is 0 Å². The van der Waals surface area contributed by atoms with E-state index in [1.54, 1.807) is 6.08 Å². The number of carboxylic acids is 1. The molecule has 2 fully saturated rings. The molecule has 1 aromatic carbocycles. The lowest BCUT2D eigenvalue weighted by molar-refractivity contribution is -0.169. The van der Waals surface area contributed by atoms with E-state index in [1.807, 2.05) is 24.3 Å². The Morgan fingerprint density at radius 3 is 2.33 bits per heavy atom. The number of ether oxygens (including phenoxy) is 2. The number of hydrogen-bond acceptors (Lipinski definition) is 4. The Bertz CT molecular complexity index is 522. The van der Waals surface area contributed by atoms with E-state index in [2.05, 4.69) is 4.90 Å². The summed E-state index contributed by atoms with van der Waals surface area (Å²) in [4.78, 5) is 12.8. The Labute approximate surface area is 123 Å². The van der Waals surface area contributed by atoms with E-state index in [-0.39, 0.29) is 5.79 Å². The molecule has 5 heteroatoms. The number of hydrogen-bond donors (Lipinski definition) is 1. The maximum atomic E-state index is 10.5. The first-order valence-electron chi connectivity index (χ1n) is 7.21. The number of carboxylic acid groups (broad SMARTS) is 1. The smallest absolute Gasteiger partial charge is 0.328 e. The highest BCUT2D eigenvalue weighted by Crippen LogP contribution is 2.33. The highest BCUT2D eigenvalue weighted by Gasteiger charge is 2.39. The Hall–Kier alpha value is -1.85. The lowest BCUT2D eigenvalue weighted by Gasteiger charge is -2.38. The lowest BCUT2D eigenvalue weighted by atomic mass is 10.0. The second kappa shape index (κ2) is 5.87. The van der Waals surface area contributed by atoms with Gasteiger partial charge >= 0.3 is 5.97 Å².